The van der Waals surface area contributed by atoms with Crippen LogP contribution in [0, 0.1) is 11.8 Å². The van der Waals surface area contributed by atoms with Crippen molar-refractivity contribution in [3.05, 3.63) is 24.3 Å². The van der Waals surface area contributed by atoms with E-state index in [-0.39, 0.29) is 30.3 Å². The number of fused-ring (bicyclic) bond motifs is 1. The number of amides is 2. The van der Waals surface area contributed by atoms with Crippen LogP contribution in [0.3, 0.4) is 0 Å². The van der Waals surface area contributed by atoms with Crippen molar-refractivity contribution in [2.45, 2.75) is 20.3 Å². The van der Waals surface area contributed by atoms with Gasteiger partial charge in [-0.05, 0) is 18.1 Å². The van der Waals surface area contributed by atoms with Gasteiger partial charge in [-0.25, -0.2) is 0 Å². The normalized spacial score (nSPS) is 19.6. The van der Waals surface area contributed by atoms with Gasteiger partial charge in [0.05, 0.1) is 17.3 Å². The molecule has 2 atom stereocenters. The number of anilines is 2. The number of para-hydroxylation sites is 2. The molecule has 1 aromatic rings. The fraction of sp³-hybridized carbons (Fsp3) is 0.529. The lowest BCUT2D eigenvalue weighted by atomic mass is 9.90. The average Bonchev–Trinajstić information content (AvgIpc) is 2.64. The average molecular weight is 304 g/mol. The van der Waals surface area contributed by atoms with Crippen molar-refractivity contribution >= 4 is 23.2 Å². The second kappa shape index (κ2) is 6.92. The highest BCUT2D eigenvalue weighted by atomic mass is 16.5. The SMILES string of the molecule is CCC(C)[C@H]1CN(C(=O)COC)c2ccccc2N(C)C1=O. The van der Waals surface area contributed by atoms with Gasteiger partial charge in [0.1, 0.15) is 6.61 Å². The number of benzene rings is 1. The third-order valence-electron chi connectivity index (χ3n) is 4.46. The zero-order valence-electron chi connectivity index (χ0n) is 13.7. The van der Waals surface area contributed by atoms with E-state index in [9.17, 15) is 9.59 Å². The van der Waals surface area contributed by atoms with E-state index in [4.69, 9.17) is 4.74 Å². The van der Waals surface area contributed by atoms with Crippen molar-refractivity contribution in [3.63, 3.8) is 0 Å². The molecule has 0 radical (unpaired) electrons. The predicted molar refractivity (Wildman–Crippen MR) is 87.0 cm³/mol. The lowest BCUT2D eigenvalue weighted by Gasteiger charge is -2.27. The van der Waals surface area contributed by atoms with Gasteiger partial charge in [0, 0.05) is 20.7 Å². The van der Waals surface area contributed by atoms with E-state index in [1.807, 2.05) is 24.3 Å². The summed E-state index contributed by atoms with van der Waals surface area (Å²) in [4.78, 5) is 28.6. The van der Waals surface area contributed by atoms with Gasteiger partial charge in [-0.15, -0.1) is 0 Å². The van der Waals surface area contributed by atoms with Crippen LogP contribution < -0.4 is 9.80 Å². The summed E-state index contributed by atoms with van der Waals surface area (Å²) in [7, 11) is 3.28. The molecule has 0 bridgehead atoms. The lowest BCUT2D eigenvalue weighted by Crippen LogP contribution is -2.42. The summed E-state index contributed by atoms with van der Waals surface area (Å²) in [6, 6.07) is 7.52. The Balaban J connectivity index is 2.48. The fourth-order valence-electron chi connectivity index (χ4n) is 2.86. The molecule has 22 heavy (non-hydrogen) atoms. The number of hydrogen-bond acceptors (Lipinski definition) is 3. The molecule has 1 heterocycles. The van der Waals surface area contributed by atoms with Crippen LogP contribution in [-0.2, 0) is 14.3 Å². The molecule has 0 aromatic heterocycles. The molecule has 0 N–H and O–H groups in total. The maximum atomic E-state index is 12.8. The Morgan fingerprint density at radius 2 is 2.00 bits per heavy atom. The van der Waals surface area contributed by atoms with E-state index < -0.39 is 0 Å². The van der Waals surface area contributed by atoms with Gasteiger partial charge < -0.3 is 14.5 Å². The first-order chi connectivity index (χ1) is 10.5. The molecule has 5 nitrogen and oxygen atoms in total. The summed E-state index contributed by atoms with van der Waals surface area (Å²) in [5.41, 5.74) is 1.54. The van der Waals surface area contributed by atoms with E-state index >= 15 is 0 Å². The van der Waals surface area contributed by atoms with Crippen LogP contribution in [0.5, 0.6) is 0 Å². The molecule has 1 unspecified atom stereocenters. The molecular weight excluding hydrogens is 280 g/mol. The summed E-state index contributed by atoms with van der Waals surface area (Å²) in [5.74, 6) is -0.0498. The number of ether oxygens (including phenoxy) is 1. The van der Waals surface area contributed by atoms with E-state index in [1.54, 1.807) is 16.8 Å². The molecule has 2 rings (SSSR count). The van der Waals surface area contributed by atoms with Crippen LogP contribution in [-0.4, -0.2) is 39.1 Å². The van der Waals surface area contributed by atoms with E-state index in [1.165, 1.54) is 7.11 Å². The molecule has 0 fully saturated rings. The molecule has 5 heteroatoms. The van der Waals surface area contributed by atoms with Gasteiger partial charge in [0.25, 0.3) is 5.91 Å². The van der Waals surface area contributed by atoms with Crippen LogP contribution in [0.1, 0.15) is 20.3 Å². The second-order valence-electron chi connectivity index (χ2n) is 5.82. The van der Waals surface area contributed by atoms with Gasteiger partial charge >= 0.3 is 0 Å². The fourth-order valence-corrected chi connectivity index (χ4v) is 2.86. The summed E-state index contributed by atoms with van der Waals surface area (Å²) in [5, 5.41) is 0. The third-order valence-corrected chi connectivity index (χ3v) is 4.46. The lowest BCUT2D eigenvalue weighted by molar-refractivity contribution is -0.124. The third kappa shape index (κ3) is 2.99. The Hall–Kier alpha value is -1.88. The largest absolute Gasteiger partial charge is 0.375 e. The van der Waals surface area contributed by atoms with Gasteiger partial charge in [0.15, 0.2) is 0 Å². The monoisotopic (exact) mass is 304 g/mol. The highest BCUT2D eigenvalue weighted by Gasteiger charge is 2.36. The number of rotatable bonds is 4. The Morgan fingerprint density at radius 1 is 1.36 bits per heavy atom. The first-order valence-corrected chi connectivity index (χ1v) is 7.67. The van der Waals surface area contributed by atoms with E-state index in [2.05, 4.69) is 13.8 Å². The minimum absolute atomic E-state index is 0.0134. The maximum Gasteiger partial charge on any atom is 0.253 e. The van der Waals surface area contributed by atoms with Crippen molar-refractivity contribution in [3.8, 4) is 0 Å². The zero-order chi connectivity index (χ0) is 16.3. The smallest absolute Gasteiger partial charge is 0.253 e. The molecule has 1 aliphatic heterocycles. The number of carbonyl (C=O) groups excluding carboxylic acids is 2. The number of methoxy groups -OCH3 is 1. The molecule has 0 saturated heterocycles. The highest BCUT2D eigenvalue weighted by Crippen LogP contribution is 2.35. The minimum atomic E-state index is -0.205. The Morgan fingerprint density at radius 3 is 2.59 bits per heavy atom. The Bertz CT molecular complexity index is 559. The first kappa shape index (κ1) is 16.5. The number of carbonyl (C=O) groups is 2. The second-order valence-corrected chi connectivity index (χ2v) is 5.82. The van der Waals surface area contributed by atoms with Crippen LogP contribution in [0.25, 0.3) is 0 Å². The predicted octanol–water partition coefficient (Wildman–Crippen LogP) is 2.30. The van der Waals surface area contributed by atoms with Gasteiger partial charge in [-0.3, -0.25) is 9.59 Å². The summed E-state index contributed by atoms with van der Waals surface area (Å²) < 4.78 is 5.00. The summed E-state index contributed by atoms with van der Waals surface area (Å²) in [6.07, 6.45) is 0.896. The van der Waals surface area contributed by atoms with Gasteiger partial charge in [0.2, 0.25) is 5.91 Å². The molecule has 1 aromatic carbocycles. The Kier molecular flexibility index (Phi) is 5.19. The zero-order valence-corrected chi connectivity index (χ0v) is 13.7. The maximum absolute atomic E-state index is 12.8. The van der Waals surface area contributed by atoms with E-state index in [0.717, 1.165) is 17.8 Å². The quantitative estimate of drug-likeness (QED) is 0.857. The first-order valence-electron chi connectivity index (χ1n) is 7.67. The summed E-state index contributed by atoms with van der Waals surface area (Å²) >= 11 is 0. The Labute approximate surface area is 131 Å². The number of hydrogen-bond donors (Lipinski definition) is 0. The van der Waals surface area contributed by atoms with Crippen LogP contribution in [0.2, 0.25) is 0 Å². The van der Waals surface area contributed by atoms with Gasteiger partial charge in [-0.2, -0.15) is 0 Å². The standard InChI is InChI=1S/C17H24N2O3/c1-5-12(2)13-10-19(16(20)11-22-4)15-9-7-6-8-14(15)18(3)17(13)21/h6-9,12-13H,5,10-11H2,1-4H3/t12?,13-/m1/s1. The van der Waals surface area contributed by atoms with Crippen molar-refractivity contribution in [2.24, 2.45) is 11.8 Å². The van der Waals surface area contributed by atoms with Gasteiger partial charge in [-0.1, -0.05) is 32.4 Å². The molecular formula is C17H24N2O3. The topological polar surface area (TPSA) is 49.9 Å². The molecule has 120 valence electrons. The molecule has 0 spiro atoms. The molecule has 2 amide bonds. The van der Waals surface area contributed by atoms with Crippen LogP contribution >= 0.6 is 0 Å². The van der Waals surface area contributed by atoms with Crippen molar-refractivity contribution < 1.29 is 14.3 Å². The van der Waals surface area contributed by atoms with Crippen molar-refractivity contribution in [1.29, 1.82) is 0 Å². The highest BCUT2D eigenvalue weighted by molar-refractivity contribution is 6.05. The van der Waals surface area contributed by atoms with Crippen LogP contribution in [0.4, 0.5) is 11.4 Å². The van der Waals surface area contributed by atoms with E-state index in [0.29, 0.717) is 6.54 Å². The molecule has 1 aliphatic rings. The summed E-state index contributed by atoms with van der Waals surface area (Å²) in [6.45, 7) is 4.54. The van der Waals surface area contributed by atoms with Crippen LogP contribution in [0.15, 0.2) is 24.3 Å². The molecule has 0 saturated carbocycles. The van der Waals surface area contributed by atoms with Crippen molar-refractivity contribution in [1.82, 2.24) is 0 Å². The molecule has 0 aliphatic carbocycles. The minimum Gasteiger partial charge on any atom is -0.375 e. The number of nitrogens with zero attached hydrogens (tertiary/aromatic N) is 2. The van der Waals surface area contributed by atoms with Crippen molar-refractivity contribution in [2.75, 3.05) is 37.1 Å².